The van der Waals surface area contributed by atoms with Crippen molar-refractivity contribution in [3.05, 3.63) is 80.8 Å². The second kappa shape index (κ2) is 5.18. The van der Waals surface area contributed by atoms with Crippen molar-refractivity contribution in [2.75, 3.05) is 0 Å². The molecule has 4 N–H and O–H groups in total. The standard InChI is InChI=1S/C22H20N4/c1-7-20-21-8-6-18(25-21)11-16-3-2-14(23-16)10-15-4-5-17(24-15)12-19-9-13(1)22(20)26-19/h2-3,6,8-12,23-26H,1,4-5,7H2/b15-10-,17-12-,18-11-,21-20-. The van der Waals surface area contributed by atoms with E-state index >= 15 is 0 Å². The fourth-order valence-electron chi connectivity index (χ4n) is 4.35. The van der Waals surface area contributed by atoms with E-state index in [0.29, 0.717) is 0 Å². The molecule has 3 aromatic rings. The van der Waals surface area contributed by atoms with Gasteiger partial charge in [-0.2, -0.15) is 0 Å². The molecule has 1 fully saturated rings. The van der Waals surface area contributed by atoms with E-state index in [0.717, 1.165) is 42.4 Å². The van der Waals surface area contributed by atoms with Crippen LogP contribution in [0.25, 0.3) is 23.8 Å². The van der Waals surface area contributed by atoms with E-state index in [1.807, 2.05) is 0 Å². The Balaban J connectivity index is 1.61. The lowest BCUT2D eigenvalue weighted by molar-refractivity contribution is 1.06. The molecule has 0 amide bonds. The van der Waals surface area contributed by atoms with E-state index in [1.165, 1.54) is 39.3 Å². The van der Waals surface area contributed by atoms with Crippen LogP contribution in [0.5, 0.6) is 0 Å². The molecule has 4 heteroatoms. The molecule has 8 bridgehead atoms. The van der Waals surface area contributed by atoms with Gasteiger partial charge in [-0.1, -0.05) is 0 Å². The van der Waals surface area contributed by atoms with Gasteiger partial charge < -0.3 is 20.3 Å². The summed E-state index contributed by atoms with van der Waals surface area (Å²) in [6, 6.07) is 10.9. The minimum absolute atomic E-state index is 1.06. The zero-order chi connectivity index (χ0) is 17.1. The number of hydrogen-bond acceptors (Lipinski definition) is 1. The molecule has 0 radical (unpaired) electrons. The number of aromatic amines is 3. The van der Waals surface area contributed by atoms with Crippen molar-refractivity contribution in [2.24, 2.45) is 0 Å². The molecule has 6 rings (SSSR count). The highest BCUT2D eigenvalue weighted by molar-refractivity contribution is 5.72. The third-order valence-corrected chi connectivity index (χ3v) is 5.59. The third-order valence-electron chi connectivity index (χ3n) is 5.59. The number of allylic oxidation sites excluding steroid dienone is 2. The minimum Gasteiger partial charge on any atom is -0.362 e. The van der Waals surface area contributed by atoms with Crippen LogP contribution in [0.15, 0.2) is 41.7 Å². The van der Waals surface area contributed by atoms with Gasteiger partial charge in [0, 0.05) is 44.9 Å². The monoisotopic (exact) mass is 340 g/mol. The molecule has 0 unspecified atom stereocenters. The predicted octanol–water partition coefficient (Wildman–Crippen LogP) is 2.72. The molecule has 3 aromatic heterocycles. The van der Waals surface area contributed by atoms with Crippen molar-refractivity contribution >= 4 is 23.8 Å². The van der Waals surface area contributed by atoms with Crippen LogP contribution in [0.2, 0.25) is 0 Å². The molecule has 4 nitrogen and oxygen atoms in total. The van der Waals surface area contributed by atoms with Gasteiger partial charge in [0.05, 0.1) is 0 Å². The Kier molecular flexibility index (Phi) is 2.80. The van der Waals surface area contributed by atoms with Crippen molar-refractivity contribution < 1.29 is 0 Å². The fraction of sp³-hybridized carbons (Fsp3) is 0.182. The minimum atomic E-state index is 1.06. The number of rotatable bonds is 0. The van der Waals surface area contributed by atoms with Crippen LogP contribution < -0.4 is 16.0 Å². The molecule has 1 aliphatic carbocycles. The van der Waals surface area contributed by atoms with E-state index < -0.39 is 0 Å². The predicted molar refractivity (Wildman–Crippen MR) is 104 cm³/mol. The van der Waals surface area contributed by atoms with E-state index in [2.05, 4.69) is 68.8 Å². The van der Waals surface area contributed by atoms with Crippen LogP contribution in [-0.2, 0) is 6.42 Å². The topological polar surface area (TPSA) is 59.4 Å². The number of aryl methyl sites for hydroxylation is 1. The summed E-state index contributed by atoms with van der Waals surface area (Å²) in [5, 5.41) is 5.92. The van der Waals surface area contributed by atoms with Gasteiger partial charge in [-0.3, -0.25) is 0 Å². The van der Waals surface area contributed by atoms with Crippen LogP contribution in [0, 0.1) is 0 Å². The second-order valence-corrected chi connectivity index (χ2v) is 7.41. The molecule has 2 aliphatic heterocycles. The summed E-state index contributed by atoms with van der Waals surface area (Å²) < 4.78 is 0. The van der Waals surface area contributed by atoms with Gasteiger partial charge in [-0.05, 0) is 85.4 Å². The lowest BCUT2D eigenvalue weighted by Gasteiger charge is -2.01. The summed E-state index contributed by atoms with van der Waals surface area (Å²) in [6.45, 7) is 0. The lowest BCUT2D eigenvalue weighted by atomic mass is 10.2. The first-order valence-corrected chi connectivity index (χ1v) is 9.29. The van der Waals surface area contributed by atoms with Crippen LogP contribution in [0.3, 0.4) is 0 Å². The number of H-pyrrole nitrogens is 3. The van der Waals surface area contributed by atoms with Crippen LogP contribution >= 0.6 is 0 Å². The van der Waals surface area contributed by atoms with E-state index in [-0.39, 0.29) is 0 Å². The average molecular weight is 340 g/mol. The van der Waals surface area contributed by atoms with Gasteiger partial charge in [-0.15, -0.1) is 0 Å². The summed E-state index contributed by atoms with van der Waals surface area (Å²) in [6.07, 6.45) is 11.0. The zero-order valence-electron chi connectivity index (χ0n) is 14.4. The molecule has 3 aliphatic rings. The first-order valence-electron chi connectivity index (χ1n) is 9.29. The van der Waals surface area contributed by atoms with E-state index in [4.69, 9.17) is 0 Å². The molecule has 0 spiro atoms. The smallest absolute Gasteiger partial charge is 0.0471 e. The summed E-state index contributed by atoms with van der Waals surface area (Å²) in [5.74, 6) is 0. The Bertz CT molecular complexity index is 1210. The third kappa shape index (κ3) is 2.22. The first kappa shape index (κ1) is 14.1. The number of fused-ring (bicyclic) bond motifs is 7. The molecular weight excluding hydrogens is 320 g/mol. The van der Waals surface area contributed by atoms with Gasteiger partial charge in [0.2, 0.25) is 0 Å². The van der Waals surface area contributed by atoms with Crippen molar-refractivity contribution in [1.29, 1.82) is 0 Å². The molecule has 0 aromatic carbocycles. The first-order chi connectivity index (χ1) is 12.8. The Morgan fingerprint density at radius 3 is 2.35 bits per heavy atom. The highest BCUT2D eigenvalue weighted by atomic mass is 14.9. The van der Waals surface area contributed by atoms with Gasteiger partial charge >= 0.3 is 0 Å². The molecule has 128 valence electrons. The van der Waals surface area contributed by atoms with Crippen LogP contribution in [0.1, 0.15) is 47.6 Å². The fourth-order valence-corrected chi connectivity index (χ4v) is 4.35. The Labute approximate surface area is 151 Å². The maximum atomic E-state index is 3.65. The van der Waals surface area contributed by atoms with Crippen LogP contribution in [0.4, 0.5) is 0 Å². The van der Waals surface area contributed by atoms with Gasteiger partial charge in [0.25, 0.3) is 0 Å². The van der Waals surface area contributed by atoms with Crippen molar-refractivity contribution in [3.8, 4) is 0 Å². The quantitative estimate of drug-likeness (QED) is 0.500. The molecule has 26 heavy (non-hydrogen) atoms. The van der Waals surface area contributed by atoms with Gasteiger partial charge in [0.1, 0.15) is 0 Å². The lowest BCUT2D eigenvalue weighted by Crippen LogP contribution is -2.13. The van der Waals surface area contributed by atoms with E-state index in [1.54, 1.807) is 0 Å². The Morgan fingerprint density at radius 2 is 1.46 bits per heavy atom. The summed E-state index contributed by atoms with van der Waals surface area (Å²) in [7, 11) is 0. The van der Waals surface area contributed by atoms with Crippen molar-refractivity contribution in [2.45, 2.75) is 25.7 Å². The second-order valence-electron chi connectivity index (χ2n) is 7.41. The maximum absolute atomic E-state index is 3.65. The molecule has 0 saturated carbocycles. The molecule has 1 saturated heterocycles. The Morgan fingerprint density at radius 1 is 0.654 bits per heavy atom. The normalized spacial score (nSPS) is 25.0. The number of nitrogens with one attached hydrogen (secondary N) is 4. The summed E-state index contributed by atoms with van der Waals surface area (Å²) in [5.41, 5.74) is 10.1. The summed E-state index contributed by atoms with van der Waals surface area (Å²) in [4.78, 5) is 10.7. The summed E-state index contributed by atoms with van der Waals surface area (Å²) >= 11 is 0. The SMILES string of the molecule is C1=C2/CC/C(=C/c3cc4c([nH]3)/C(=c3/cc/c([nH]3)=C/c3ccc/1[nH]3)CC4)N2. The molecule has 5 heterocycles. The zero-order valence-corrected chi connectivity index (χ0v) is 14.4. The molecular formula is C22H20N4. The highest BCUT2D eigenvalue weighted by Crippen LogP contribution is 2.31. The number of aromatic nitrogens is 3. The maximum Gasteiger partial charge on any atom is 0.0471 e. The van der Waals surface area contributed by atoms with Crippen molar-refractivity contribution in [3.63, 3.8) is 0 Å². The van der Waals surface area contributed by atoms with Crippen molar-refractivity contribution in [1.82, 2.24) is 20.3 Å². The van der Waals surface area contributed by atoms with Gasteiger partial charge in [-0.25, -0.2) is 0 Å². The van der Waals surface area contributed by atoms with Gasteiger partial charge in [0.15, 0.2) is 0 Å². The van der Waals surface area contributed by atoms with E-state index in [9.17, 15) is 0 Å². The molecule has 0 atom stereocenters. The van der Waals surface area contributed by atoms with Crippen LogP contribution in [-0.4, -0.2) is 15.0 Å². The largest absolute Gasteiger partial charge is 0.362 e. The number of hydrogen-bond donors (Lipinski definition) is 4. The Hall–Kier alpha value is -3.14. The average Bonchev–Trinajstić information content (AvgIpc) is 3.38. The highest BCUT2D eigenvalue weighted by Gasteiger charge is 2.20.